The molecular formula is C15H22O3. The minimum atomic E-state index is -0.600. The van der Waals surface area contributed by atoms with Crippen molar-refractivity contribution in [3.63, 3.8) is 0 Å². The number of hydrogen-bond acceptors (Lipinski definition) is 3. The van der Waals surface area contributed by atoms with E-state index in [2.05, 4.69) is 26.0 Å². The first-order chi connectivity index (χ1) is 8.66. The average molecular weight is 250 g/mol. The molecule has 0 bridgehead atoms. The molecule has 0 radical (unpaired) electrons. The lowest BCUT2D eigenvalue weighted by molar-refractivity contribution is -0.133. The van der Waals surface area contributed by atoms with E-state index in [0.717, 1.165) is 12.0 Å². The van der Waals surface area contributed by atoms with Crippen molar-refractivity contribution in [3.05, 3.63) is 35.4 Å². The molecule has 1 N–H and O–H groups in total. The molecule has 1 saturated heterocycles. The minimum absolute atomic E-state index is 0.243. The number of aliphatic hydroxyl groups is 1. The van der Waals surface area contributed by atoms with Crippen molar-refractivity contribution in [2.24, 2.45) is 5.92 Å². The molecular weight excluding hydrogens is 228 g/mol. The molecule has 1 fully saturated rings. The van der Waals surface area contributed by atoms with Gasteiger partial charge in [0.15, 0.2) is 0 Å². The van der Waals surface area contributed by atoms with Crippen LogP contribution >= 0.6 is 0 Å². The largest absolute Gasteiger partial charge is 0.386 e. The summed E-state index contributed by atoms with van der Waals surface area (Å²) in [5.41, 5.74) is 2.18. The Labute approximate surface area is 109 Å². The summed E-state index contributed by atoms with van der Waals surface area (Å²) in [7, 11) is 0. The van der Waals surface area contributed by atoms with Gasteiger partial charge in [-0.25, -0.2) is 0 Å². The SMILES string of the molecule is CC(C)Cc1cccc(C(O)C2COCCO2)c1. The average Bonchev–Trinajstić information content (AvgIpc) is 2.38. The molecule has 0 saturated carbocycles. The van der Waals surface area contributed by atoms with Crippen LogP contribution in [0.25, 0.3) is 0 Å². The zero-order valence-electron chi connectivity index (χ0n) is 11.1. The molecule has 1 aromatic rings. The zero-order valence-corrected chi connectivity index (χ0v) is 11.1. The zero-order chi connectivity index (χ0) is 13.0. The molecule has 1 heterocycles. The third-order valence-corrected chi connectivity index (χ3v) is 3.13. The second kappa shape index (κ2) is 6.32. The van der Waals surface area contributed by atoms with Crippen molar-refractivity contribution in [2.75, 3.05) is 19.8 Å². The fourth-order valence-corrected chi connectivity index (χ4v) is 2.28. The summed E-state index contributed by atoms with van der Waals surface area (Å²) in [6.07, 6.45) is 0.188. The Bertz CT molecular complexity index is 370. The Morgan fingerprint density at radius 1 is 1.33 bits per heavy atom. The summed E-state index contributed by atoms with van der Waals surface area (Å²) in [4.78, 5) is 0. The molecule has 2 unspecified atom stereocenters. The Morgan fingerprint density at radius 2 is 2.17 bits per heavy atom. The molecule has 2 rings (SSSR count). The number of rotatable bonds is 4. The van der Waals surface area contributed by atoms with Crippen molar-refractivity contribution in [1.82, 2.24) is 0 Å². The lowest BCUT2D eigenvalue weighted by atomic mass is 9.97. The summed E-state index contributed by atoms with van der Waals surface area (Å²) in [5, 5.41) is 10.3. The van der Waals surface area contributed by atoms with E-state index in [-0.39, 0.29) is 6.10 Å². The van der Waals surface area contributed by atoms with E-state index in [0.29, 0.717) is 25.7 Å². The maximum absolute atomic E-state index is 10.3. The van der Waals surface area contributed by atoms with Gasteiger partial charge in [-0.3, -0.25) is 0 Å². The Kier molecular flexibility index (Phi) is 4.75. The van der Waals surface area contributed by atoms with E-state index < -0.39 is 6.10 Å². The topological polar surface area (TPSA) is 38.7 Å². The van der Waals surface area contributed by atoms with Crippen LogP contribution in [0.5, 0.6) is 0 Å². The molecule has 0 spiro atoms. The van der Waals surface area contributed by atoms with Gasteiger partial charge >= 0.3 is 0 Å². The van der Waals surface area contributed by atoms with E-state index >= 15 is 0 Å². The van der Waals surface area contributed by atoms with Crippen molar-refractivity contribution in [3.8, 4) is 0 Å². The van der Waals surface area contributed by atoms with Crippen molar-refractivity contribution >= 4 is 0 Å². The van der Waals surface area contributed by atoms with Gasteiger partial charge in [0.2, 0.25) is 0 Å². The van der Waals surface area contributed by atoms with Crippen molar-refractivity contribution < 1.29 is 14.6 Å². The number of hydrogen-bond donors (Lipinski definition) is 1. The molecule has 0 aliphatic carbocycles. The van der Waals surface area contributed by atoms with Gasteiger partial charge in [-0.15, -0.1) is 0 Å². The second-order valence-corrected chi connectivity index (χ2v) is 5.27. The quantitative estimate of drug-likeness (QED) is 0.891. The maximum atomic E-state index is 10.3. The summed E-state index contributed by atoms with van der Waals surface area (Å²) in [6.45, 7) is 6.04. The van der Waals surface area contributed by atoms with Gasteiger partial charge in [-0.1, -0.05) is 38.1 Å². The number of ether oxygens (including phenoxy) is 2. The highest BCUT2D eigenvalue weighted by Crippen LogP contribution is 2.23. The fourth-order valence-electron chi connectivity index (χ4n) is 2.28. The van der Waals surface area contributed by atoms with Crippen molar-refractivity contribution in [1.29, 1.82) is 0 Å². The molecule has 1 aromatic carbocycles. The molecule has 1 aliphatic rings. The van der Waals surface area contributed by atoms with Gasteiger partial charge in [0.1, 0.15) is 12.2 Å². The van der Waals surface area contributed by atoms with Crippen LogP contribution in [0.15, 0.2) is 24.3 Å². The third kappa shape index (κ3) is 3.55. The Hall–Kier alpha value is -0.900. The molecule has 1 aliphatic heterocycles. The van der Waals surface area contributed by atoms with Crippen molar-refractivity contribution in [2.45, 2.75) is 32.5 Å². The number of aliphatic hydroxyl groups excluding tert-OH is 1. The first-order valence-electron chi connectivity index (χ1n) is 6.63. The van der Waals surface area contributed by atoms with Crippen LogP contribution in [0, 0.1) is 5.92 Å². The van der Waals surface area contributed by atoms with Gasteiger partial charge in [-0.05, 0) is 23.5 Å². The standard InChI is InChI=1S/C15H22O3/c1-11(2)8-12-4-3-5-13(9-12)15(16)14-10-17-6-7-18-14/h3-5,9,11,14-16H,6-8,10H2,1-2H3. The third-order valence-electron chi connectivity index (χ3n) is 3.13. The van der Waals surface area contributed by atoms with E-state index in [1.165, 1.54) is 5.56 Å². The lowest BCUT2D eigenvalue weighted by Crippen LogP contribution is -2.33. The highest BCUT2D eigenvalue weighted by molar-refractivity contribution is 5.26. The molecule has 0 amide bonds. The fraction of sp³-hybridized carbons (Fsp3) is 0.600. The smallest absolute Gasteiger partial charge is 0.111 e. The molecule has 3 heteroatoms. The van der Waals surface area contributed by atoms with Crippen LogP contribution in [0.3, 0.4) is 0 Å². The summed E-state index contributed by atoms with van der Waals surface area (Å²) in [6, 6.07) is 8.13. The first-order valence-corrected chi connectivity index (χ1v) is 6.63. The number of benzene rings is 1. The summed E-state index contributed by atoms with van der Waals surface area (Å²) in [5.74, 6) is 0.617. The first kappa shape index (κ1) is 13.5. The van der Waals surface area contributed by atoms with Crippen LogP contribution in [-0.4, -0.2) is 31.0 Å². The highest BCUT2D eigenvalue weighted by atomic mass is 16.6. The van der Waals surface area contributed by atoms with Gasteiger partial charge in [-0.2, -0.15) is 0 Å². The van der Waals surface area contributed by atoms with E-state index in [1.54, 1.807) is 0 Å². The molecule has 100 valence electrons. The maximum Gasteiger partial charge on any atom is 0.111 e. The highest BCUT2D eigenvalue weighted by Gasteiger charge is 2.24. The van der Waals surface area contributed by atoms with Crippen LogP contribution in [0.1, 0.15) is 31.1 Å². The van der Waals surface area contributed by atoms with Gasteiger partial charge < -0.3 is 14.6 Å². The van der Waals surface area contributed by atoms with Gasteiger partial charge in [0.05, 0.1) is 19.8 Å². The lowest BCUT2D eigenvalue weighted by Gasteiger charge is -2.27. The van der Waals surface area contributed by atoms with Gasteiger partial charge in [0, 0.05) is 0 Å². The predicted molar refractivity (Wildman–Crippen MR) is 70.5 cm³/mol. The summed E-state index contributed by atoms with van der Waals surface area (Å²) < 4.78 is 10.9. The monoisotopic (exact) mass is 250 g/mol. The van der Waals surface area contributed by atoms with Gasteiger partial charge in [0.25, 0.3) is 0 Å². The summed E-state index contributed by atoms with van der Waals surface area (Å²) >= 11 is 0. The molecule has 0 aromatic heterocycles. The Balaban J connectivity index is 2.06. The van der Waals surface area contributed by atoms with Crippen LogP contribution < -0.4 is 0 Å². The van der Waals surface area contributed by atoms with E-state index in [4.69, 9.17) is 9.47 Å². The minimum Gasteiger partial charge on any atom is -0.386 e. The molecule has 2 atom stereocenters. The van der Waals surface area contributed by atoms with Crippen LogP contribution in [0.4, 0.5) is 0 Å². The van der Waals surface area contributed by atoms with Crippen LogP contribution in [-0.2, 0) is 15.9 Å². The van der Waals surface area contributed by atoms with E-state index in [9.17, 15) is 5.11 Å². The normalized spacial score (nSPS) is 22.1. The second-order valence-electron chi connectivity index (χ2n) is 5.27. The van der Waals surface area contributed by atoms with Crippen LogP contribution in [0.2, 0.25) is 0 Å². The molecule has 18 heavy (non-hydrogen) atoms. The predicted octanol–water partition coefficient (Wildman–Crippen LogP) is 2.33. The molecule has 3 nitrogen and oxygen atoms in total. The Morgan fingerprint density at radius 3 is 2.83 bits per heavy atom. The van der Waals surface area contributed by atoms with E-state index in [1.807, 2.05) is 12.1 Å².